The minimum Gasteiger partial charge on any atom is -0.352 e. The molecule has 1 aliphatic rings. The number of piperazine rings is 1. The lowest BCUT2D eigenvalue weighted by Crippen LogP contribution is -2.48. The number of rotatable bonds is 8. The van der Waals surface area contributed by atoms with E-state index >= 15 is 0 Å². The molecule has 178 valence electrons. The van der Waals surface area contributed by atoms with Crippen LogP contribution in [0.5, 0.6) is 0 Å². The molecule has 34 heavy (non-hydrogen) atoms. The molecule has 1 aliphatic heterocycles. The van der Waals surface area contributed by atoms with Crippen LogP contribution in [-0.4, -0.2) is 56.3 Å². The van der Waals surface area contributed by atoms with Gasteiger partial charge in [0.1, 0.15) is 5.82 Å². The highest BCUT2D eigenvalue weighted by molar-refractivity contribution is 7.89. The Morgan fingerprint density at radius 2 is 1.56 bits per heavy atom. The predicted molar refractivity (Wildman–Crippen MR) is 129 cm³/mol. The maximum atomic E-state index is 13.2. The summed E-state index contributed by atoms with van der Waals surface area (Å²) in [4.78, 5) is 14.9. The minimum absolute atomic E-state index is 0.121. The number of halogens is 1. The van der Waals surface area contributed by atoms with Gasteiger partial charge in [0.2, 0.25) is 10.0 Å². The van der Waals surface area contributed by atoms with Gasteiger partial charge in [-0.1, -0.05) is 48.5 Å². The zero-order valence-electron chi connectivity index (χ0n) is 18.9. The zero-order valence-corrected chi connectivity index (χ0v) is 19.7. The predicted octanol–water partition coefficient (Wildman–Crippen LogP) is 3.30. The monoisotopic (exact) mass is 481 g/mol. The Morgan fingerprint density at radius 1 is 0.853 bits per heavy atom. The molecular weight excluding hydrogens is 453 g/mol. The largest absolute Gasteiger partial charge is 0.352 e. The van der Waals surface area contributed by atoms with Crippen LogP contribution >= 0.6 is 0 Å². The van der Waals surface area contributed by atoms with E-state index in [4.69, 9.17) is 0 Å². The fourth-order valence-electron chi connectivity index (χ4n) is 3.99. The fourth-order valence-corrected chi connectivity index (χ4v) is 5.46. The van der Waals surface area contributed by atoms with Crippen molar-refractivity contribution in [2.24, 2.45) is 0 Å². The molecule has 6 nitrogen and oxygen atoms in total. The summed E-state index contributed by atoms with van der Waals surface area (Å²) in [5, 5.41) is 2.80. The molecule has 3 aromatic rings. The summed E-state index contributed by atoms with van der Waals surface area (Å²) in [6, 6.07) is 22.4. The van der Waals surface area contributed by atoms with Crippen LogP contribution in [0, 0.1) is 5.82 Å². The van der Waals surface area contributed by atoms with Gasteiger partial charge in [0.15, 0.2) is 0 Å². The van der Waals surface area contributed by atoms with Crippen molar-refractivity contribution in [2.75, 3.05) is 32.7 Å². The number of benzene rings is 3. The first kappa shape index (κ1) is 24.1. The standard InChI is InChI=1S/C26H28FN3O3S/c27-24-11-9-21(10-12-24)13-14-28-26(31)23-7-4-8-25(19-23)34(32,33)30-17-15-29(16-18-30)20-22-5-2-1-3-6-22/h1-12,19H,13-18,20H2,(H,28,31). The minimum atomic E-state index is -3.69. The molecule has 1 heterocycles. The Kier molecular flexibility index (Phi) is 7.72. The molecule has 0 atom stereocenters. The topological polar surface area (TPSA) is 69.7 Å². The van der Waals surface area contributed by atoms with E-state index in [-0.39, 0.29) is 16.6 Å². The number of nitrogens with zero attached hydrogens (tertiary/aromatic N) is 2. The summed E-state index contributed by atoms with van der Waals surface area (Å²) in [7, 11) is -3.69. The molecule has 0 radical (unpaired) electrons. The Labute approximate surface area is 200 Å². The SMILES string of the molecule is O=C(NCCc1ccc(F)cc1)c1cccc(S(=O)(=O)N2CCN(Cc3ccccc3)CC2)c1. The highest BCUT2D eigenvalue weighted by atomic mass is 32.2. The second kappa shape index (κ2) is 10.9. The van der Waals surface area contributed by atoms with E-state index in [1.165, 1.54) is 34.1 Å². The molecule has 0 unspecified atom stereocenters. The van der Waals surface area contributed by atoms with E-state index in [1.807, 2.05) is 18.2 Å². The first-order valence-electron chi connectivity index (χ1n) is 11.3. The van der Waals surface area contributed by atoms with Gasteiger partial charge in [-0.05, 0) is 47.9 Å². The molecule has 3 aromatic carbocycles. The summed E-state index contributed by atoms with van der Waals surface area (Å²) in [6.45, 7) is 3.27. The van der Waals surface area contributed by atoms with Crippen LogP contribution in [0.15, 0.2) is 83.8 Å². The van der Waals surface area contributed by atoms with Crippen LogP contribution in [0.2, 0.25) is 0 Å². The third-order valence-electron chi connectivity index (χ3n) is 5.93. The molecule has 4 rings (SSSR count). The molecular formula is C26H28FN3O3S. The van der Waals surface area contributed by atoms with Crippen molar-refractivity contribution in [2.45, 2.75) is 17.9 Å². The summed E-state index contributed by atoms with van der Waals surface area (Å²) in [5.41, 5.74) is 2.41. The van der Waals surface area contributed by atoms with Gasteiger partial charge in [-0.15, -0.1) is 0 Å². The lowest BCUT2D eigenvalue weighted by atomic mass is 10.1. The number of sulfonamides is 1. The Bertz CT molecular complexity index is 1210. The second-order valence-electron chi connectivity index (χ2n) is 8.33. The second-order valence-corrected chi connectivity index (χ2v) is 10.3. The van der Waals surface area contributed by atoms with Gasteiger partial charge in [-0.2, -0.15) is 4.31 Å². The molecule has 0 bridgehead atoms. The van der Waals surface area contributed by atoms with Crippen LogP contribution in [0.25, 0.3) is 0 Å². The molecule has 0 saturated carbocycles. The Morgan fingerprint density at radius 3 is 2.26 bits per heavy atom. The normalized spacial score (nSPS) is 15.2. The summed E-state index contributed by atoms with van der Waals surface area (Å²) in [5.74, 6) is -0.643. The Hall–Kier alpha value is -3.07. The van der Waals surface area contributed by atoms with Crippen LogP contribution in [0.3, 0.4) is 0 Å². The van der Waals surface area contributed by atoms with Crippen LogP contribution < -0.4 is 5.32 Å². The lowest BCUT2D eigenvalue weighted by Gasteiger charge is -2.34. The maximum Gasteiger partial charge on any atom is 0.251 e. The molecule has 1 saturated heterocycles. The number of nitrogens with one attached hydrogen (secondary N) is 1. The molecule has 0 spiro atoms. The molecule has 8 heteroatoms. The third kappa shape index (κ3) is 6.08. The van der Waals surface area contributed by atoms with E-state index in [9.17, 15) is 17.6 Å². The van der Waals surface area contributed by atoms with E-state index in [0.29, 0.717) is 44.7 Å². The lowest BCUT2D eigenvalue weighted by molar-refractivity contribution is 0.0954. The van der Waals surface area contributed by atoms with Crippen LogP contribution in [0.4, 0.5) is 4.39 Å². The Balaban J connectivity index is 1.33. The van der Waals surface area contributed by atoms with Gasteiger partial charge >= 0.3 is 0 Å². The van der Waals surface area contributed by atoms with Gasteiger partial charge in [0.25, 0.3) is 5.91 Å². The quantitative estimate of drug-likeness (QED) is 0.536. The zero-order chi connectivity index (χ0) is 24.0. The first-order chi connectivity index (χ1) is 16.4. The molecule has 0 aliphatic carbocycles. The van der Waals surface area contributed by atoms with E-state index < -0.39 is 10.0 Å². The van der Waals surface area contributed by atoms with Crippen molar-refractivity contribution in [3.63, 3.8) is 0 Å². The fraction of sp³-hybridized carbons (Fsp3) is 0.269. The highest BCUT2D eigenvalue weighted by Gasteiger charge is 2.29. The van der Waals surface area contributed by atoms with Gasteiger partial charge in [0, 0.05) is 44.8 Å². The molecule has 1 amide bonds. The summed E-state index contributed by atoms with van der Waals surface area (Å²) >= 11 is 0. The number of amides is 1. The maximum absolute atomic E-state index is 13.2. The van der Waals surface area contributed by atoms with Gasteiger partial charge in [-0.3, -0.25) is 9.69 Å². The third-order valence-corrected chi connectivity index (χ3v) is 7.82. The van der Waals surface area contributed by atoms with E-state index in [0.717, 1.165) is 12.1 Å². The van der Waals surface area contributed by atoms with Crippen LogP contribution in [0.1, 0.15) is 21.5 Å². The van der Waals surface area contributed by atoms with E-state index in [1.54, 1.807) is 24.3 Å². The molecule has 1 fully saturated rings. The smallest absolute Gasteiger partial charge is 0.251 e. The first-order valence-corrected chi connectivity index (χ1v) is 12.7. The van der Waals surface area contributed by atoms with Crippen molar-refractivity contribution in [3.8, 4) is 0 Å². The summed E-state index contributed by atoms with van der Waals surface area (Å²) in [6.07, 6.45) is 0.553. The number of hydrogen-bond acceptors (Lipinski definition) is 4. The average molecular weight is 482 g/mol. The van der Waals surface area contributed by atoms with Crippen molar-refractivity contribution in [1.29, 1.82) is 0 Å². The number of carbonyl (C=O) groups excluding carboxylic acids is 1. The van der Waals surface area contributed by atoms with Crippen molar-refractivity contribution < 1.29 is 17.6 Å². The van der Waals surface area contributed by atoms with Crippen LogP contribution in [-0.2, 0) is 23.0 Å². The molecule has 1 N–H and O–H groups in total. The summed E-state index contributed by atoms with van der Waals surface area (Å²) < 4.78 is 40.9. The van der Waals surface area contributed by atoms with Gasteiger partial charge in [-0.25, -0.2) is 12.8 Å². The van der Waals surface area contributed by atoms with Crippen molar-refractivity contribution in [3.05, 3.63) is 101 Å². The number of carbonyl (C=O) groups is 1. The van der Waals surface area contributed by atoms with Crippen molar-refractivity contribution >= 4 is 15.9 Å². The molecule has 0 aromatic heterocycles. The van der Waals surface area contributed by atoms with Crippen molar-refractivity contribution in [1.82, 2.24) is 14.5 Å². The number of hydrogen-bond donors (Lipinski definition) is 1. The highest BCUT2D eigenvalue weighted by Crippen LogP contribution is 2.20. The van der Waals surface area contributed by atoms with Gasteiger partial charge in [0.05, 0.1) is 4.90 Å². The average Bonchev–Trinajstić information content (AvgIpc) is 2.86. The van der Waals surface area contributed by atoms with E-state index in [2.05, 4.69) is 22.3 Å². The van der Waals surface area contributed by atoms with Gasteiger partial charge < -0.3 is 5.32 Å².